The van der Waals surface area contributed by atoms with Crippen LogP contribution in [0.15, 0.2) is 39.7 Å². The van der Waals surface area contributed by atoms with Gasteiger partial charge in [0.25, 0.3) is 18.5 Å². The topological polar surface area (TPSA) is 116 Å². The van der Waals surface area contributed by atoms with Crippen molar-refractivity contribution in [2.45, 2.75) is 64.1 Å². The Morgan fingerprint density at radius 1 is 0.972 bits per heavy atom. The minimum absolute atomic E-state index is 0.250. The lowest BCUT2D eigenvalue weighted by Gasteiger charge is -2.42. The van der Waals surface area contributed by atoms with E-state index in [-0.39, 0.29) is 18.5 Å². The zero-order chi connectivity index (χ0) is 25.5. The van der Waals surface area contributed by atoms with Gasteiger partial charge in [-0.05, 0) is 61.8 Å². The molecule has 36 heavy (non-hydrogen) atoms. The molecule has 2 N–H and O–H groups in total. The van der Waals surface area contributed by atoms with Crippen LogP contribution in [0.1, 0.15) is 61.5 Å². The second-order valence-electron chi connectivity index (χ2n) is 10.6. The first kappa shape index (κ1) is 26.2. The molecule has 2 aromatic heterocycles. The predicted molar refractivity (Wildman–Crippen MR) is 134 cm³/mol. The number of pyridine rings is 1. The van der Waals surface area contributed by atoms with Crippen LogP contribution in [0.4, 0.5) is 0 Å². The highest BCUT2D eigenvalue weighted by atomic mass is 16.3. The Balaban J connectivity index is 0.000000464. The van der Waals surface area contributed by atoms with Crippen LogP contribution in [0.2, 0.25) is 0 Å². The lowest BCUT2D eigenvalue weighted by atomic mass is 9.83. The number of hydrogen-bond donors (Lipinski definition) is 2. The van der Waals surface area contributed by atoms with Crippen LogP contribution in [-0.4, -0.2) is 63.7 Å². The van der Waals surface area contributed by atoms with Gasteiger partial charge in [-0.25, -0.2) is 0 Å². The second-order valence-corrected chi connectivity index (χ2v) is 10.6. The van der Waals surface area contributed by atoms with Crippen molar-refractivity contribution in [3.63, 3.8) is 0 Å². The fourth-order valence-corrected chi connectivity index (χ4v) is 6.90. The van der Waals surface area contributed by atoms with Gasteiger partial charge in [0.05, 0.1) is 12.8 Å². The first-order valence-electron chi connectivity index (χ1n) is 12.9. The third-order valence-electron chi connectivity index (χ3n) is 8.29. The molecule has 196 valence electrons. The van der Waals surface area contributed by atoms with Gasteiger partial charge < -0.3 is 19.2 Å². The molecule has 3 fully saturated rings. The van der Waals surface area contributed by atoms with Crippen LogP contribution in [0.25, 0.3) is 0 Å². The summed E-state index contributed by atoms with van der Waals surface area (Å²) in [6, 6.07) is 8.42. The Morgan fingerprint density at radius 3 is 2.42 bits per heavy atom. The smallest absolute Gasteiger partial charge is 0.290 e. The maximum Gasteiger partial charge on any atom is 0.290 e. The number of furan rings is 1. The standard InChI is InChI=1S/C25H33N3O2.2CH2O2/c29-24-20(15-26-10-9-25(18-26)7-1-2-8-25)5-6-23-21-12-19(14-28(23)24)13-27(16-21)17-22-4-3-11-30-22;2*2-1-3/h3-6,11,19,21H,1-2,7-10,12-18H2;2*1H,(H,2,3)/t19-,21+;;/m0../s1. The minimum atomic E-state index is -0.250. The third kappa shape index (κ3) is 5.90. The van der Waals surface area contributed by atoms with Crippen LogP contribution >= 0.6 is 0 Å². The molecule has 0 amide bonds. The van der Waals surface area contributed by atoms with E-state index in [2.05, 4.69) is 32.6 Å². The van der Waals surface area contributed by atoms with E-state index in [0.717, 1.165) is 50.6 Å². The average molecular weight is 500 g/mol. The molecule has 9 nitrogen and oxygen atoms in total. The van der Waals surface area contributed by atoms with Crippen molar-refractivity contribution < 1.29 is 24.2 Å². The summed E-state index contributed by atoms with van der Waals surface area (Å²) in [7, 11) is 0. The largest absolute Gasteiger partial charge is 0.483 e. The molecule has 1 saturated carbocycles. The van der Waals surface area contributed by atoms with E-state index in [1.807, 2.05) is 6.07 Å². The monoisotopic (exact) mass is 499 g/mol. The zero-order valence-corrected chi connectivity index (χ0v) is 20.8. The van der Waals surface area contributed by atoms with E-state index in [1.54, 1.807) is 6.26 Å². The first-order chi connectivity index (χ1) is 17.5. The van der Waals surface area contributed by atoms with E-state index >= 15 is 0 Å². The summed E-state index contributed by atoms with van der Waals surface area (Å²) in [6.07, 6.45) is 9.88. The fraction of sp³-hybridized carbons (Fsp3) is 0.593. The molecule has 9 heteroatoms. The Bertz CT molecular complexity index is 1050. The van der Waals surface area contributed by atoms with Crippen LogP contribution in [0, 0.1) is 11.3 Å². The van der Waals surface area contributed by atoms with Crippen molar-refractivity contribution in [2.75, 3.05) is 26.2 Å². The zero-order valence-electron chi connectivity index (χ0n) is 20.8. The number of rotatable bonds is 4. The number of piperidine rings is 1. The van der Waals surface area contributed by atoms with Crippen molar-refractivity contribution in [3.8, 4) is 0 Å². The highest BCUT2D eigenvalue weighted by molar-refractivity contribution is 5.33. The van der Waals surface area contributed by atoms with Crippen molar-refractivity contribution >= 4 is 12.9 Å². The summed E-state index contributed by atoms with van der Waals surface area (Å²) < 4.78 is 7.68. The molecule has 2 aromatic rings. The molecule has 4 aliphatic rings. The molecule has 6 rings (SSSR count). The van der Waals surface area contributed by atoms with Gasteiger partial charge in [0.15, 0.2) is 0 Å². The van der Waals surface area contributed by atoms with Gasteiger partial charge >= 0.3 is 0 Å². The Morgan fingerprint density at radius 2 is 1.72 bits per heavy atom. The highest BCUT2D eigenvalue weighted by Crippen LogP contribution is 2.45. The van der Waals surface area contributed by atoms with E-state index in [0.29, 0.717) is 17.3 Å². The van der Waals surface area contributed by atoms with Gasteiger partial charge in [-0.2, -0.15) is 0 Å². The van der Waals surface area contributed by atoms with Crippen molar-refractivity contribution in [1.29, 1.82) is 0 Å². The minimum Gasteiger partial charge on any atom is -0.483 e. The predicted octanol–water partition coefficient (Wildman–Crippen LogP) is 3.23. The molecule has 1 spiro atoms. The summed E-state index contributed by atoms with van der Waals surface area (Å²) in [5, 5.41) is 13.8. The lowest BCUT2D eigenvalue weighted by molar-refractivity contribution is -0.123. The first-order valence-corrected chi connectivity index (χ1v) is 12.9. The number of aromatic nitrogens is 1. The molecule has 0 aromatic carbocycles. The van der Waals surface area contributed by atoms with Crippen LogP contribution < -0.4 is 5.56 Å². The highest BCUT2D eigenvalue weighted by Gasteiger charge is 2.40. The Kier molecular flexibility index (Phi) is 8.64. The van der Waals surface area contributed by atoms with Gasteiger partial charge in [-0.15, -0.1) is 0 Å². The van der Waals surface area contributed by atoms with Crippen molar-refractivity contribution in [1.82, 2.24) is 14.4 Å². The van der Waals surface area contributed by atoms with Crippen molar-refractivity contribution in [3.05, 3.63) is 57.9 Å². The molecule has 1 aliphatic carbocycles. The number of nitrogens with zero attached hydrogens (tertiary/aromatic N) is 3. The maximum atomic E-state index is 13.4. The average Bonchev–Trinajstić information content (AvgIpc) is 3.61. The van der Waals surface area contributed by atoms with Gasteiger partial charge in [0, 0.05) is 49.9 Å². The molecular weight excluding hydrogens is 462 g/mol. The molecule has 0 radical (unpaired) electrons. The van der Waals surface area contributed by atoms with Gasteiger partial charge in [-0.3, -0.25) is 24.2 Å². The number of carboxylic acid groups (broad SMARTS) is 2. The number of carbonyl (C=O) groups is 2. The molecule has 2 atom stereocenters. The van der Waals surface area contributed by atoms with Gasteiger partial charge in [-0.1, -0.05) is 18.9 Å². The Hall–Kier alpha value is -2.91. The SMILES string of the molecule is O=CO.O=CO.O=c1c(CN2CCC3(CCCC3)C2)ccc2n1C[C@H]1C[C@@H]2CN(Cc2ccco2)C1. The van der Waals surface area contributed by atoms with E-state index < -0.39 is 0 Å². The molecule has 3 aliphatic heterocycles. The molecular formula is C27H37N3O6. The van der Waals surface area contributed by atoms with Crippen LogP contribution in [0.5, 0.6) is 0 Å². The van der Waals surface area contributed by atoms with Gasteiger partial charge in [0.2, 0.25) is 0 Å². The lowest BCUT2D eigenvalue weighted by Crippen LogP contribution is -2.47. The molecule has 5 heterocycles. The van der Waals surface area contributed by atoms with E-state index in [9.17, 15) is 4.79 Å². The summed E-state index contributed by atoms with van der Waals surface area (Å²) >= 11 is 0. The molecule has 0 unspecified atom stereocenters. The van der Waals surface area contributed by atoms with Crippen LogP contribution in [0.3, 0.4) is 0 Å². The fourth-order valence-electron chi connectivity index (χ4n) is 6.90. The maximum absolute atomic E-state index is 13.4. The summed E-state index contributed by atoms with van der Waals surface area (Å²) in [4.78, 5) is 35.2. The summed E-state index contributed by atoms with van der Waals surface area (Å²) in [6.45, 7) is 6.51. The summed E-state index contributed by atoms with van der Waals surface area (Å²) in [5.41, 5.74) is 3.09. The van der Waals surface area contributed by atoms with Crippen molar-refractivity contribution in [2.24, 2.45) is 11.3 Å². The molecule has 2 bridgehead atoms. The van der Waals surface area contributed by atoms with Crippen LogP contribution in [-0.2, 0) is 29.2 Å². The Labute approximate surface area is 211 Å². The second kappa shape index (κ2) is 11.9. The van der Waals surface area contributed by atoms with E-state index in [1.165, 1.54) is 50.8 Å². The normalized spacial score (nSPS) is 24.2. The number of hydrogen-bond acceptors (Lipinski definition) is 6. The quantitative estimate of drug-likeness (QED) is 0.616. The summed E-state index contributed by atoms with van der Waals surface area (Å²) in [5.74, 6) is 2.06. The number of fused-ring (bicyclic) bond motifs is 4. The van der Waals surface area contributed by atoms with E-state index in [4.69, 9.17) is 24.2 Å². The van der Waals surface area contributed by atoms with Gasteiger partial charge in [0.1, 0.15) is 5.76 Å². The number of likely N-dealkylation sites (tertiary alicyclic amines) is 2. The molecule has 2 saturated heterocycles. The third-order valence-corrected chi connectivity index (χ3v) is 8.29.